The van der Waals surface area contributed by atoms with E-state index in [2.05, 4.69) is 5.32 Å². The molecule has 1 aliphatic rings. The van der Waals surface area contributed by atoms with Crippen LogP contribution in [0.4, 0.5) is 0 Å². The van der Waals surface area contributed by atoms with E-state index in [1.165, 1.54) is 0 Å². The van der Waals surface area contributed by atoms with E-state index >= 15 is 0 Å². The monoisotopic (exact) mass is 129 g/mol. The number of piperidine rings is 1. The molecular formula is C5H12BNO2. The van der Waals surface area contributed by atoms with Crippen molar-refractivity contribution in [3.05, 3.63) is 0 Å². The molecule has 0 aromatic rings. The van der Waals surface area contributed by atoms with Crippen LogP contribution in [0.3, 0.4) is 0 Å². The van der Waals surface area contributed by atoms with Crippen molar-refractivity contribution >= 4 is 7.12 Å². The zero-order chi connectivity index (χ0) is 6.69. The molecule has 52 valence electrons. The summed E-state index contributed by atoms with van der Waals surface area (Å²) in [6, 6.07) is 0. The zero-order valence-corrected chi connectivity index (χ0v) is 5.38. The van der Waals surface area contributed by atoms with Crippen LogP contribution in [0.2, 0.25) is 5.82 Å². The van der Waals surface area contributed by atoms with E-state index in [1.54, 1.807) is 0 Å². The van der Waals surface area contributed by atoms with Crippen LogP contribution in [-0.2, 0) is 0 Å². The molecule has 0 unspecified atom stereocenters. The quantitative estimate of drug-likeness (QED) is 0.407. The van der Waals surface area contributed by atoms with Gasteiger partial charge in [-0.1, -0.05) is 0 Å². The fourth-order valence-electron chi connectivity index (χ4n) is 1.14. The molecule has 1 fully saturated rings. The van der Waals surface area contributed by atoms with E-state index in [9.17, 15) is 0 Å². The van der Waals surface area contributed by atoms with Crippen molar-refractivity contribution in [2.75, 3.05) is 13.1 Å². The summed E-state index contributed by atoms with van der Waals surface area (Å²) in [5.41, 5.74) is 0. The molecule has 4 heteroatoms. The second-order valence-corrected chi connectivity index (χ2v) is 2.50. The summed E-state index contributed by atoms with van der Waals surface area (Å²) >= 11 is 0. The Morgan fingerprint density at radius 1 is 1.22 bits per heavy atom. The first-order valence-corrected chi connectivity index (χ1v) is 3.37. The fraction of sp³-hybridized carbons (Fsp3) is 1.00. The van der Waals surface area contributed by atoms with Crippen LogP contribution >= 0.6 is 0 Å². The second kappa shape index (κ2) is 3.20. The summed E-state index contributed by atoms with van der Waals surface area (Å²) in [5.74, 6) is 0.103. The number of nitrogens with one attached hydrogen (secondary N) is 1. The van der Waals surface area contributed by atoms with Crippen LogP contribution in [0.25, 0.3) is 0 Å². The summed E-state index contributed by atoms with van der Waals surface area (Å²) < 4.78 is 0. The Morgan fingerprint density at radius 2 is 1.78 bits per heavy atom. The highest BCUT2D eigenvalue weighted by molar-refractivity contribution is 6.43. The number of hydrogen-bond donors (Lipinski definition) is 3. The van der Waals surface area contributed by atoms with Gasteiger partial charge in [-0.05, 0) is 31.7 Å². The van der Waals surface area contributed by atoms with E-state index in [1.807, 2.05) is 0 Å². The van der Waals surface area contributed by atoms with Crippen LogP contribution in [0, 0.1) is 0 Å². The topological polar surface area (TPSA) is 52.5 Å². The molecule has 1 heterocycles. The predicted molar refractivity (Wildman–Crippen MR) is 36.0 cm³/mol. The van der Waals surface area contributed by atoms with Gasteiger partial charge in [0.2, 0.25) is 0 Å². The van der Waals surface area contributed by atoms with E-state index in [4.69, 9.17) is 10.0 Å². The summed E-state index contributed by atoms with van der Waals surface area (Å²) in [5, 5.41) is 20.6. The molecule has 0 spiro atoms. The zero-order valence-electron chi connectivity index (χ0n) is 5.38. The van der Waals surface area contributed by atoms with Gasteiger partial charge in [0.05, 0.1) is 0 Å². The van der Waals surface area contributed by atoms with Crippen LogP contribution in [-0.4, -0.2) is 30.3 Å². The molecule has 0 bridgehead atoms. The largest absolute Gasteiger partial charge is 0.454 e. The van der Waals surface area contributed by atoms with Gasteiger partial charge in [0, 0.05) is 0 Å². The first kappa shape index (κ1) is 7.06. The van der Waals surface area contributed by atoms with E-state index in [0.717, 1.165) is 25.9 Å². The Hall–Kier alpha value is -0.0551. The van der Waals surface area contributed by atoms with Crippen molar-refractivity contribution in [2.45, 2.75) is 18.7 Å². The Morgan fingerprint density at radius 3 is 2.11 bits per heavy atom. The Bertz CT molecular complexity index is 83.0. The first-order valence-electron chi connectivity index (χ1n) is 3.37. The highest BCUT2D eigenvalue weighted by atomic mass is 16.4. The van der Waals surface area contributed by atoms with Gasteiger partial charge in [0.25, 0.3) is 0 Å². The molecule has 0 radical (unpaired) electrons. The minimum Gasteiger partial charge on any atom is -0.427 e. The molecule has 3 N–H and O–H groups in total. The lowest BCUT2D eigenvalue weighted by molar-refractivity contribution is 0.356. The maximum atomic E-state index is 8.70. The predicted octanol–water partition coefficient (Wildman–Crippen LogP) is -0.787. The molecule has 1 rings (SSSR count). The summed E-state index contributed by atoms with van der Waals surface area (Å²) in [6.07, 6.45) is 1.77. The van der Waals surface area contributed by atoms with Crippen molar-refractivity contribution in [1.29, 1.82) is 0 Å². The Balaban J connectivity index is 2.23. The third kappa shape index (κ3) is 1.97. The first-order chi connectivity index (χ1) is 4.30. The van der Waals surface area contributed by atoms with Gasteiger partial charge in [0.15, 0.2) is 0 Å². The van der Waals surface area contributed by atoms with Gasteiger partial charge in [-0.2, -0.15) is 0 Å². The molecule has 1 aliphatic heterocycles. The number of hydrogen-bond acceptors (Lipinski definition) is 3. The lowest BCUT2D eigenvalue weighted by Gasteiger charge is -2.20. The molecule has 1 saturated heterocycles. The van der Waals surface area contributed by atoms with Crippen molar-refractivity contribution in [1.82, 2.24) is 5.32 Å². The molecule has 3 nitrogen and oxygen atoms in total. The summed E-state index contributed by atoms with van der Waals surface area (Å²) in [6.45, 7) is 1.84. The third-order valence-electron chi connectivity index (χ3n) is 1.81. The summed E-state index contributed by atoms with van der Waals surface area (Å²) in [7, 11) is -1.10. The van der Waals surface area contributed by atoms with E-state index in [-0.39, 0.29) is 5.82 Å². The van der Waals surface area contributed by atoms with Gasteiger partial charge in [-0.15, -0.1) is 0 Å². The molecule has 0 amide bonds. The van der Waals surface area contributed by atoms with Crippen molar-refractivity contribution < 1.29 is 10.0 Å². The standard InChI is InChI=1S/C5H12BNO2/c8-6(9)5-1-3-7-4-2-5/h5,7-9H,1-4H2. The van der Waals surface area contributed by atoms with Crippen molar-refractivity contribution in [2.24, 2.45) is 0 Å². The minimum atomic E-state index is -1.10. The fourth-order valence-corrected chi connectivity index (χ4v) is 1.14. The van der Waals surface area contributed by atoms with Gasteiger partial charge in [0.1, 0.15) is 0 Å². The van der Waals surface area contributed by atoms with Gasteiger partial charge >= 0.3 is 7.12 Å². The van der Waals surface area contributed by atoms with Gasteiger partial charge in [-0.3, -0.25) is 0 Å². The average Bonchev–Trinajstić information content (AvgIpc) is 1.90. The maximum absolute atomic E-state index is 8.70. The van der Waals surface area contributed by atoms with Crippen molar-refractivity contribution in [3.63, 3.8) is 0 Å². The second-order valence-electron chi connectivity index (χ2n) is 2.50. The number of rotatable bonds is 1. The minimum absolute atomic E-state index is 0.103. The summed E-state index contributed by atoms with van der Waals surface area (Å²) in [4.78, 5) is 0. The maximum Gasteiger partial charge on any atom is 0.454 e. The highest BCUT2D eigenvalue weighted by Crippen LogP contribution is 2.18. The molecule has 0 aliphatic carbocycles. The Kier molecular flexibility index (Phi) is 2.51. The molecule has 0 aromatic heterocycles. The molecule has 0 atom stereocenters. The highest BCUT2D eigenvalue weighted by Gasteiger charge is 2.24. The van der Waals surface area contributed by atoms with E-state index < -0.39 is 7.12 Å². The lowest BCUT2D eigenvalue weighted by Crippen LogP contribution is -2.32. The van der Waals surface area contributed by atoms with Crippen LogP contribution < -0.4 is 5.32 Å². The average molecular weight is 129 g/mol. The van der Waals surface area contributed by atoms with E-state index in [0.29, 0.717) is 0 Å². The molecular weight excluding hydrogens is 117 g/mol. The molecule has 0 saturated carbocycles. The van der Waals surface area contributed by atoms with Crippen LogP contribution in [0.15, 0.2) is 0 Å². The Labute approximate surface area is 55.2 Å². The third-order valence-corrected chi connectivity index (χ3v) is 1.81. The molecule has 0 aromatic carbocycles. The smallest absolute Gasteiger partial charge is 0.427 e. The molecule has 9 heavy (non-hydrogen) atoms. The normalized spacial score (nSPS) is 22.0. The van der Waals surface area contributed by atoms with Crippen molar-refractivity contribution in [3.8, 4) is 0 Å². The lowest BCUT2D eigenvalue weighted by atomic mass is 9.68. The van der Waals surface area contributed by atoms with Gasteiger partial charge < -0.3 is 15.4 Å². The van der Waals surface area contributed by atoms with Gasteiger partial charge in [-0.25, -0.2) is 0 Å². The van der Waals surface area contributed by atoms with Crippen LogP contribution in [0.5, 0.6) is 0 Å². The SMILES string of the molecule is OB(O)C1CCNCC1. The van der Waals surface area contributed by atoms with Crippen LogP contribution in [0.1, 0.15) is 12.8 Å².